The van der Waals surface area contributed by atoms with Crippen molar-refractivity contribution in [2.24, 2.45) is 12.0 Å². The van der Waals surface area contributed by atoms with E-state index in [1.165, 1.54) is 0 Å². The fourth-order valence-corrected chi connectivity index (χ4v) is 2.97. The summed E-state index contributed by atoms with van der Waals surface area (Å²) in [5.74, 6) is 3.25. The van der Waals surface area contributed by atoms with Crippen LogP contribution in [0.4, 0.5) is 0 Å². The highest BCUT2D eigenvalue weighted by atomic mass is 127. The zero-order valence-corrected chi connectivity index (χ0v) is 21.0. The van der Waals surface area contributed by atoms with Gasteiger partial charge in [0.1, 0.15) is 18.2 Å². The molecule has 0 saturated heterocycles. The summed E-state index contributed by atoms with van der Waals surface area (Å²) in [6.07, 6.45) is 0. The monoisotopic (exact) mass is 554 g/mol. The molecular formula is C22H28ClIN6O. The minimum absolute atomic E-state index is 0. The lowest BCUT2D eigenvalue weighted by Gasteiger charge is -2.22. The molecule has 166 valence electrons. The predicted molar refractivity (Wildman–Crippen MR) is 135 cm³/mol. The Labute approximate surface area is 205 Å². The number of nitrogens with zero attached hydrogens (tertiary/aromatic N) is 5. The van der Waals surface area contributed by atoms with Crippen LogP contribution in [0.1, 0.15) is 17.2 Å². The molecule has 0 unspecified atom stereocenters. The molecular weight excluding hydrogens is 527 g/mol. The standard InChI is InChI=1S/C22H27ClN6O.HI/c1-17-26-27-21(29(17)3)16-25-22(24-15-18-8-5-4-6-9-18)28(2)12-13-30-20-11-7-10-19(23)14-20;/h4-11,14H,12-13,15-16H2,1-3H3,(H,24,25);1H. The second-order valence-electron chi connectivity index (χ2n) is 6.93. The summed E-state index contributed by atoms with van der Waals surface area (Å²) in [5.41, 5.74) is 1.15. The van der Waals surface area contributed by atoms with Gasteiger partial charge in [0, 0.05) is 19.1 Å². The molecule has 3 rings (SSSR count). The average molecular weight is 555 g/mol. The number of nitrogens with one attached hydrogen (secondary N) is 1. The van der Waals surface area contributed by atoms with Gasteiger partial charge in [0.25, 0.3) is 0 Å². The van der Waals surface area contributed by atoms with E-state index in [0.717, 1.165) is 28.9 Å². The van der Waals surface area contributed by atoms with Crippen molar-refractivity contribution < 1.29 is 4.74 Å². The Morgan fingerprint density at radius 1 is 1.16 bits per heavy atom. The Morgan fingerprint density at radius 2 is 1.94 bits per heavy atom. The first-order valence-corrected chi connectivity index (χ1v) is 10.2. The minimum atomic E-state index is 0. The van der Waals surface area contributed by atoms with E-state index in [0.29, 0.717) is 31.3 Å². The Balaban J connectivity index is 0.00000341. The maximum absolute atomic E-state index is 6.02. The highest BCUT2D eigenvalue weighted by Crippen LogP contribution is 2.16. The molecule has 0 amide bonds. The molecule has 0 radical (unpaired) electrons. The number of aryl methyl sites for hydroxylation is 1. The summed E-state index contributed by atoms with van der Waals surface area (Å²) in [6.45, 7) is 4.21. The van der Waals surface area contributed by atoms with E-state index in [2.05, 4.69) is 27.6 Å². The molecule has 1 N–H and O–H groups in total. The molecule has 0 spiro atoms. The largest absolute Gasteiger partial charge is 0.492 e. The van der Waals surface area contributed by atoms with Crippen LogP contribution in [-0.4, -0.2) is 45.8 Å². The third kappa shape index (κ3) is 7.70. The van der Waals surface area contributed by atoms with E-state index in [1.54, 1.807) is 6.07 Å². The molecule has 0 saturated carbocycles. The van der Waals surface area contributed by atoms with E-state index in [1.807, 2.05) is 66.9 Å². The third-order valence-corrected chi connectivity index (χ3v) is 4.93. The summed E-state index contributed by atoms with van der Waals surface area (Å²) in [4.78, 5) is 6.82. The van der Waals surface area contributed by atoms with E-state index in [9.17, 15) is 0 Å². The van der Waals surface area contributed by atoms with Crippen molar-refractivity contribution >= 4 is 41.5 Å². The molecule has 7 nitrogen and oxygen atoms in total. The number of aromatic nitrogens is 3. The first kappa shape index (κ1) is 24.9. The van der Waals surface area contributed by atoms with Crippen LogP contribution in [0.3, 0.4) is 0 Å². The van der Waals surface area contributed by atoms with Crippen LogP contribution >= 0.6 is 35.6 Å². The summed E-state index contributed by atoms with van der Waals surface area (Å²) in [6, 6.07) is 17.6. The van der Waals surface area contributed by atoms with Crippen molar-refractivity contribution in [3.05, 3.63) is 76.8 Å². The zero-order valence-electron chi connectivity index (χ0n) is 18.0. The van der Waals surface area contributed by atoms with E-state index in [-0.39, 0.29) is 24.0 Å². The van der Waals surface area contributed by atoms with Crippen molar-refractivity contribution in [3.8, 4) is 5.75 Å². The number of hydrogen-bond donors (Lipinski definition) is 1. The molecule has 3 aromatic rings. The molecule has 0 bridgehead atoms. The molecule has 0 aliphatic rings. The third-order valence-electron chi connectivity index (χ3n) is 4.69. The molecule has 31 heavy (non-hydrogen) atoms. The molecule has 1 aromatic heterocycles. The van der Waals surface area contributed by atoms with Gasteiger partial charge in [0.2, 0.25) is 0 Å². The van der Waals surface area contributed by atoms with Crippen molar-refractivity contribution in [2.45, 2.75) is 20.0 Å². The minimum Gasteiger partial charge on any atom is -0.492 e. The number of aliphatic imine (C=N–C) groups is 1. The number of likely N-dealkylation sites (N-methyl/N-ethyl adjacent to an activating group) is 1. The van der Waals surface area contributed by atoms with E-state index < -0.39 is 0 Å². The molecule has 1 heterocycles. The molecule has 2 aromatic carbocycles. The first-order chi connectivity index (χ1) is 14.5. The SMILES string of the molecule is Cc1nnc(CNC(=NCc2ccccc2)N(C)CCOc2cccc(Cl)c2)n1C.I. The second kappa shape index (κ2) is 12.5. The van der Waals surface area contributed by atoms with E-state index in [4.69, 9.17) is 21.3 Å². The number of rotatable bonds is 8. The van der Waals surface area contributed by atoms with Gasteiger partial charge < -0.3 is 19.5 Å². The van der Waals surface area contributed by atoms with Gasteiger partial charge in [-0.25, -0.2) is 4.99 Å². The van der Waals surface area contributed by atoms with Gasteiger partial charge in [-0.1, -0.05) is 48.0 Å². The molecule has 0 aliphatic heterocycles. The van der Waals surface area contributed by atoms with Crippen molar-refractivity contribution in [2.75, 3.05) is 20.2 Å². The highest BCUT2D eigenvalue weighted by Gasteiger charge is 2.10. The van der Waals surface area contributed by atoms with Crippen LogP contribution in [0, 0.1) is 6.92 Å². The summed E-state index contributed by atoms with van der Waals surface area (Å²) in [7, 11) is 3.94. The van der Waals surface area contributed by atoms with Gasteiger partial charge in [-0.15, -0.1) is 34.2 Å². The Hall–Kier alpha value is -2.33. The lowest BCUT2D eigenvalue weighted by Crippen LogP contribution is -2.41. The maximum Gasteiger partial charge on any atom is 0.194 e. The first-order valence-electron chi connectivity index (χ1n) is 9.79. The number of halogens is 2. The van der Waals surface area contributed by atoms with Crippen LogP contribution in [-0.2, 0) is 20.1 Å². The predicted octanol–water partition coefficient (Wildman–Crippen LogP) is 4.05. The van der Waals surface area contributed by atoms with Gasteiger partial charge in [-0.2, -0.15) is 0 Å². The summed E-state index contributed by atoms with van der Waals surface area (Å²) < 4.78 is 7.78. The van der Waals surface area contributed by atoms with Crippen LogP contribution in [0.15, 0.2) is 59.6 Å². The zero-order chi connectivity index (χ0) is 21.3. The van der Waals surface area contributed by atoms with Gasteiger partial charge in [0.05, 0.1) is 19.6 Å². The summed E-state index contributed by atoms with van der Waals surface area (Å²) in [5, 5.41) is 12.4. The van der Waals surface area contributed by atoms with Crippen LogP contribution in [0.25, 0.3) is 0 Å². The lowest BCUT2D eigenvalue weighted by atomic mass is 10.2. The quantitative estimate of drug-likeness (QED) is 0.259. The second-order valence-corrected chi connectivity index (χ2v) is 7.37. The normalized spacial score (nSPS) is 11.0. The van der Waals surface area contributed by atoms with Crippen LogP contribution < -0.4 is 10.1 Å². The average Bonchev–Trinajstić information content (AvgIpc) is 3.06. The Bertz CT molecular complexity index is 979. The van der Waals surface area contributed by atoms with Crippen LogP contribution in [0.5, 0.6) is 5.75 Å². The van der Waals surface area contributed by atoms with Crippen molar-refractivity contribution in [1.29, 1.82) is 0 Å². The maximum atomic E-state index is 6.02. The fraction of sp³-hybridized carbons (Fsp3) is 0.318. The lowest BCUT2D eigenvalue weighted by molar-refractivity contribution is 0.281. The van der Waals surface area contributed by atoms with Crippen molar-refractivity contribution in [3.63, 3.8) is 0 Å². The number of benzene rings is 2. The molecule has 0 atom stereocenters. The Morgan fingerprint density at radius 3 is 2.61 bits per heavy atom. The Kier molecular flexibility index (Phi) is 10.1. The van der Waals surface area contributed by atoms with Crippen molar-refractivity contribution in [1.82, 2.24) is 25.0 Å². The number of hydrogen-bond acceptors (Lipinski definition) is 4. The smallest absolute Gasteiger partial charge is 0.194 e. The molecule has 0 aliphatic carbocycles. The number of guanidine groups is 1. The fourth-order valence-electron chi connectivity index (χ4n) is 2.79. The van der Waals surface area contributed by atoms with Gasteiger partial charge in [0.15, 0.2) is 11.8 Å². The molecule has 9 heteroatoms. The number of ether oxygens (including phenoxy) is 1. The highest BCUT2D eigenvalue weighted by molar-refractivity contribution is 14.0. The summed E-state index contributed by atoms with van der Waals surface area (Å²) >= 11 is 6.02. The van der Waals surface area contributed by atoms with Gasteiger partial charge >= 0.3 is 0 Å². The van der Waals surface area contributed by atoms with Gasteiger partial charge in [-0.3, -0.25) is 0 Å². The van der Waals surface area contributed by atoms with E-state index >= 15 is 0 Å². The van der Waals surface area contributed by atoms with Gasteiger partial charge in [-0.05, 0) is 30.7 Å². The van der Waals surface area contributed by atoms with Crippen LogP contribution in [0.2, 0.25) is 5.02 Å². The molecule has 0 fully saturated rings. The topological polar surface area (TPSA) is 67.6 Å².